The van der Waals surface area contributed by atoms with E-state index in [1.54, 1.807) is 4.68 Å². The van der Waals surface area contributed by atoms with E-state index in [1.807, 2.05) is 42.2 Å². The minimum absolute atomic E-state index is 0.0745. The highest BCUT2D eigenvalue weighted by Crippen LogP contribution is 2.14. The summed E-state index contributed by atoms with van der Waals surface area (Å²) in [4.78, 5) is 20.8. The summed E-state index contributed by atoms with van der Waals surface area (Å²) in [6.45, 7) is 4.72. The van der Waals surface area contributed by atoms with Crippen molar-refractivity contribution in [3.05, 3.63) is 48.0 Å². The normalized spacial score (nSPS) is 14.7. The third-order valence-electron chi connectivity index (χ3n) is 4.64. The summed E-state index contributed by atoms with van der Waals surface area (Å²) in [6, 6.07) is 9.80. The second kappa shape index (κ2) is 6.95. The van der Waals surface area contributed by atoms with E-state index in [1.165, 1.54) is 6.33 Å². The van der Waals surface area contributed by atoms with Gasteiger partial charge in [0, 0.05) is 26.2 Å². The molecule has 2 aromatic heterocycles. The number of piperazine rings is 1. The molecule has 3 aromatic rings. The maximum absolute atomic E-state index is 12.7. The van der Waals surface area contributed by atoms with E-state index in [-0.39, 0.29) is 12.3 Å². The largest absolute Gasteiger partial charge is 0.339 e. The maximum atomic E-state index is 12.7. The van der Waals surface area contributed by atoms with Crippen LogP contribution in [0.3, 0.4) is 0 Å². The third-order valence-corrected chi connectivity index (χ3v) is 4.64. The molecule has 0 spiro atoms. The first kappa shape index (κ1) is 16.2. The molecule has 3 heterocycles. The quantitative estimate of drug-likeness (QED) is 0.738. The van der Waals surface area contributed by atoms with Crippen LogP contribution in [0.5, 0.6) is 0 Å². The molecule has 1 aliphatic heterocycles. The van der Waals surface area contributed by atoms with Crippen LogP contribution in [0.15, 0.2) is 36.7 Å². The van der Waals surface area contributed by atoms with Crippen molar-refractivity contribution < 1.29 is 4.79 Å². The van der Waals surface area contributed by atoms with E-state index in [4.69, 9.17) is 0 Å². The number of carbonyl (C=O) groups is 1. The number of hydrogen-bond acceptors (Lipinski definition) is 6. The zero-order valence-electron chi connectivity index (χ0n) is 14.5. The van der Waals surface area contributed by atoms with Gasteiger partial charge in [0.1, 0.15) is 6.33 Å². The summed E-state index contributed by atoms with van der Waals surface area (Å²) in [5.41, 5.74) is 2.55. The number of amides is 1. The van der Waals surface area contributed by atoms with E-state index in [2.05, 4.69) is 30.4 Å². The highest BCUT2D eigenvalue weighted by atomic mass is 16.2. The zero-order valence-corrected chi connectivity index (χ0v) is 14.5. The molecular weight excluding hydrogens is 332 g/mol. The van der Waals surface area contributed by atoms with Gasteiger partial charge in [0.05, 0.1) is 23.5 Å². The van der Waals surface area contributed by atoms with E-state index >= 15 is 0 Å². The fraction of sp³-hybridized carbons (Fsp3) is 0.353. The first-order valence-corrected chi connectivity index (χ1v) is 8.57. The number of benzene rings is 1. The fourth-order valence-corrected chi connectivity index (χ4v) is 3.11. The summed E-state index contributed by atoms with van der Waals surface area (Å²) in [5.74, 6) is 0.823. The molecule has 1 N–H and O–H groups in total. The van der Waals surface area contributed by atoms with Crippen LogP contribution in [0.1, 0.15) is 11.4 Å². The third kappa shape index (κ3) is 3.15. The summed E-state index contributed by atoms with van der Waals surface area (Å²) in [5, 5.41) is 15.1. The number of anilines is 1. The molecule has 0 radical (unpaired) electrons. The van der Waals surface area contributed by atoms with Crippen LogP contribution in [0.4, 0.5) is 5.95 Å². The SMILES string of the molecule is Cc1c(CC(=O)N2CCN(c3ncn[nH]3)CC2)nnn1-c1ccccc1. The average molecular weight is 352 g/mol. The van der Waals surface area contributed by atoms with Crippen LogP contribution >= 0.6 is 0 Å². The number of nitrogens with zero attached hydrogens (tertiary/aromatic N) is 7. The number of para-hydroxylation sites is 1. The molecule has 0 atom stereocenters. The van der Waals surface area contributed by atoms with Crippen LogP contribution in [-0.2, 0) is 11.2 Å². The Kier molecular flexibility index (Phi) is 4.34. The number of aromatic nitrogens is 6. The Morgan fingerprint density at radius 3 is 2.62 bits per heavy atom. The van der Waals surface area contributed by atoms with Gasteiger partial charge in [0.15, 0.2) is 0 Å². The summed E-state index contributed by atoms with van der Waals surface area (Å²) >= 11 is 0. The molecule has 9 nitrogen and oxygen atoms in total. The van der Waals surface area contributed by atoms with Crippen LogP contribution in [-0.4, -0.2) is 67.2 Å². The average Bonchev–Trinajstić information content (AvgIpc) is 3.34. The molecule has 1 amide bonds. The van der Waals surface area contributed by atoms with Crippen molar-refractivity contribution in [3.8, 4) is 5.69 Å². The Labute approximate surface area is 150 Å². The lowest BCUT2D eigenvalue weighted by molar-refractivity contribution is -0.130. The Morgan fingerprint density at radius 1 is 1.15 bits per heavy atom. The fourth-order valence-electron chi connectivity index (χ4n) is 3.11. The van der Waals surface area contributed by atoms with E-state index in [0.717, 1.165) is 36.1 Å². The van der Waals surface area contributed by atoms with Crippen molar-refractivity contribution in [2.24, 2.45) is 0 Å². The topological polar surface area (TPSA) is 95.8 Å². The minimum Gasteiger partial charge on any atom is -0.339 e. The molecule has 0 saturated carbocycles. The number of H-pyrrole nitrogens is 1. The lowest BCUT2D eigenvalue weighted by Gasteiger charge is -2.34. The van der Waals surface area contributed by atoms with Gasteiger partial charge in [-0.2, -0.15) is 10.1 Å². The Balaban J connectivity index is 1.39. The molecule has 134 valence electrons. The second-order valence-corrected chi connectivity index (χ2v) is 6.22. The smallest absolute Gasteiger partial charge is 0.228 e. The van der Waals surface area contributed by atoms with Gasteiger partial charge in [0.25, 0.3) is 0 Å². The van der Waals surface area contributed by atoms with Gasteiger partial charge in [0.2, 0.25) is 11.9 Å². The van der Waals surface area contributed by atoms with Crippen LogP contribution in [0.25, 0.3) is 5.69 Å². The Hall–Kier alpha value is -3.23. The van der Waals surface area contributed by atoms with Gasteiger partial charge < -0.3 is 9.80 Å². The van der Waals surface area contributed by atoms with Gasteiger partial charge in [-0.1, -0.05) is 23.4 Å². The number of hydrogen-bond donors (Lipinski definition) is 1. The molecular formula is C17H20N8O. The number of rotatable bonds is 4. The van der Waals surface area contributed by atoms with Crippen LogP contribution in [0, 0.1) is 6.92 Å². The van der Waals surface area contributed by atoms with Crippen molar-refractivity contribution in [2.45, 2.75) is 13.3 Å². The molecule has 0 unspecified atom stereocenters. The van der Waals surface area contributed by atoms with E-state index in [0.29, 0.717) is 13.1 Å². The minimum atomic E-state index is 0.0745. The highest BCUT2D eigenvalue weighted by molar-refractivity contribution is 5.78. The number of carbonyl (C=O) groups excluding carboxylic acids is 1. The predicted octanol–water partition coefficient (Wildman–Crippen LogP) is 0.585. The van der Waals surface area contributed by atoms with Gasteiger partial charge in [-0.3, -0.25) is 4.79 Å². The molecule has 1 aromatic carbocycles. The van der Waals surface area contributed by atoms with Gasteiger partial charge in [-0.25, -0.2) is 9.78 Å². The van der Waals surface area contributed by atoms with Crippen LogP contribution in [0.2, 0.25) is 0 Å². The molecule has 26 heavy (non-hydrogen) atoms. The highest BCUT2D eigenvalue weighted by Gasteiger charge is 2.24. The zero-order chi connectivity index (χ0) is 17.9. The molecule has 1 fully saturated rings. The molecule has 0 aliphatic carbocycles. The summed E-state index contributed by atoms with van der Waals surface area (Å²) < 4.78 is 1.77. The van der Waals surface area contributed by atoms with Crippen molar-refractivity contribution in [1.29, 1.82) is 0 Å². The first-order valence-electron chi connectivity index (χ1n) is 8.57. The molecule has 4 rings (SSSR count). The molecule has 1 aliphatic rings. The van der Waals surface area contributed by atoms with Gasteiger partial charge in [-0.15, -0.1) is 5.10 Å². The van der Waals surface area contributed by atoms with E-state index in [9.17, 15) is 4.79 Å². The predicted molar refractivity (Wildman–Crippen MR) is 95.0 cm³/mol. The molecule has 1 saturated heterocycles. The standard InChI is InChI=1S/C17H20N8O/c1-13-15(20-22-25(13)14-5-3-2-4-6-14)11-16(26)23-7-9-24(10-8-23)17-18-12-19-21-17/h2-6,12H,7-11H2,1H3,(H,18,19,21). The van der Waals surface area contributed by atoms with Crippen molar-refractivity contribution in [3.63, 3.8) is 0 Å². The second-order valence-electron chi connectivity index (χ2n) is 6.22. The van der Waals surface area contributed by atoms with Crippen molar-refractivity contribution >= 4 is 11.9 Å². The monoisotopic (exact) mass is 352 g/mol. The maximum Gasteiger partial charge on any atom is 0.228 e. The lowest BCUT2D eigenvalue weighted by atomic mass is 10.2. The van der Waals surface area contributed by atoms with Crippen molar-refractivity contribution in [2.75, 3.05) is 31.1 Å². The van der Waals surface area contributed by atoms with E-state index < -0.39 is 0 Å². The Bertz CT molecular complexity index is 866. The lowest BCUT2D eigenvalue weighted by Crippen LogP contribution is -2.49. The van der Waals surface area contributed by atoms with Crippen molar-refractivity contribution in [1.82, 2.24) is 35.1 Å². The Morgan fingerprint density at radius 2 is 1.92 bits per heavy atom. The van der Waals surface area contributed by atoms with Crippen LogP contribution < -0.4 is 4.90 Å². The summed E-state index contributed by atoms with van der Waals surface area (Å²) in [6.07, 6.45) is 1.76. The van der Waals surface area contributed by atoms with Gasteiger partial charge in [-0.05, 0) is 19.1 Å². The van der Waals surface area contributed by atoms with Gasteiger partial charge >= 0.3 is 0 Å². The molecule has 0 bridgehead atoms. The number of aromatic amines is 1. The molecule has 9 heteroatoms. The number of nitrogens with one attached hydrogen (secondary N) is 1. The first-order chi connectivity index (χ1) is 12.7. The summed E-state index contributed by atoms with van der Waals surface area (Å²) in [7, 11) is 0.